The molecule has 0 radical (unpaired) electrons. The second kappa shape index (κ2) is 11.4. The van der Waals surface area contributed by atoms with Gasteiger partial charge in [0.05, 0.1) is 19.8 Å². The van der Waals surface area contributed by atoms with Crippen molar-refractivity contribution in [2.24, 2.45) is 5.92 Å². The van der Waals surface area contributed by atoms with Gasteiger partial charge in [-0.25, -0.2) is 4.79 Å². The van der Waals surface area contributed by atoms with E-state index in [4.69, 9.17) is 14.2 Å². The highest BCUT2D eigenvalue weighted by atomic mass is 16.6. The van der Waals surface area contributed by atoms with Crippen molar-refractivity contribution in [2.75, 3.05) is 26.1 Å². The number of aromatic nitrogens is 2. The zero-order chi connectivity index (χ0) is 27.4. The van der Waals surface area contributed by atoms with E-state index in [1.807, 2.05) is 67.6 Å². The van der Waals surface area contributed by atoms with Gasteiger partial charge in [0.2, 0.25) is 0 Å². The van der Waals surface area contributed by atoms with Gasteiger partial charge in [0, 0.05) is 19.2 Å². The van der Waals surface area contributed by atoms with Crippen molar-refractivity contribution < 1.29 is 19.3 Å². The van der Waals surface area contributed by atoms with Crippen LogP contribution < -0.4 is 15.7 Å². The van der Waals surface area contributed by atoms with Gasteiger partial charge >= 0.3 is 5.69 Å². The van der Waals surface area contributed by atoms with Crippen LogP contribution in [0, 0.1) is 5.92 Å². The maximum atomic E-state index is 13.4. The molecule has 1 aromatic heterocycles. The number of rotatable bonds is 9. The zero-order valence-corrected chi connectivity index (χ0v) is 22.2. The molecule has 4 atom stereocenters. The molecule has 39 heavy (non-hydrogen) atoms. The van der Waals surface area contributed by atoms with Gasteiger partial charge in [-0.15, -0.1) is 0 Å². The Labute approximate surface area is 227 Å². The van der Waals surface area contributed by atoms with Crippen molar-refractivity contribution >= 4 is 5.82 Å². The van der Waals surface area contributed by atoms with E-state index >= 15 is 0 Å². The summed E-state index contributed by atoms with van der Waals surface area (Å²) in [5.74, 6) is 1.06. The third kappa shape index (κ3) is 4.94. The van der Waals surface area contributed by atoms with E-state index in [1.165, 1.54) is 4.57 Å². The average Bonchev–Trinajstić information content (AvgIpc) is 3.31. The first-order valence-corrected chi connectivity index (χ1v) is 12.9. The molecule has 8 nitrogen and oxygen atoms in total. The Bertz CT molecular complexity index is 1390. The van der Waals surface area contributed by atoms with Crippen LogP contribution in [0.2, 0.25) is 0 Å². The lowest BCUT2D eigenvalue weighted by Gasteiger charge is -2.37. The molecule has 2 heterocycles. The molecule has 1 saturated heterocycles. The molecule has 5 rings (SSSR count). The molecule has 3 aromatic carbocycles. The van der Waals surface area contributed by atoms with Crippen molar-refractivity contribution in [3.05, 3.63) is 124 Å². The number of methoxy groups -OCH3 is 2. The number of aliphatic hydroxyl groups excluding tert-OH is 1. The summed E-state index contributed by atoms with van der Waals surface area (Å²) in [4.78, 5) is 17.8. The number of nitrogens with one attached hydrogen (secondary N) is 1. The lowest BCUT2D eigenvalue weighted by Crippen LogP contribution is -2.40. The zero-order valence-electron chi connectivity index (χ0n) is 22.2. The number of anilines is 1. The number of hydrogen-bond donors (Lipinski definition) is 2. The Hall–Kier alpha value is -3.98. The predicted octanol–water partition coefficient (Wildman–Crippen LogP) is 4.20. The van der Waals surface area contributed by atoms with Crippen molar-refractivity contribution in [3.8, 4) is 5.75 Å². The van der Waals surface area contributed by atoms with Crippen LogP contribution in [-0.4, -0.2) is 47.7 Å². The van der Waals surface area contributed by atoms with E-state index in [0.717, 1.165) is 22.4 Å². The van der Waals surface area contributed by atoms with Crippen LogP contribution in [-0.2, 0) is 15.0 Å². The minimum Gasteiger partial charge on any atom is -0.497 e. The van der Waals surface area contributed by atoms with Crippen molar-refractivity contribution in [3.63, 3.8) is 0 Å². The molecule has 2 N–H and O–H groups in total. The SMILES string of the molecule is COc1ccc(C(Nc2ccn([C@@H]3O[C@H](CO)C(C)C3OC)c(=O)n2)(c2ccccc2)c2ccccc2)cc1. The van der Waals surface area contributed by atoms with Gasteiger partial charge < -0.3 is 24.6 Å². The van der Waals surface area contributed by atoms with Crippen molar-refractivity contribution in [2.45, 2.75) is 30.9 Å². The summed E-state index contributed by atoms with van der Waals surface area (Å²) in [6, 6.07) is 29.8. The summed E-state index contributed by atoms with van der Waals surface area (Å²) < 4.78 is 18.4. The summed E-state index contributed by atoms with van der Waals surface area (Å²) in [6.45, 7) is 1.78. The molecule has 1 aliphatic heterocycles. The van der Waals surface area contributed by atoms with Crippen molar-refractivity contribution in [1.82, 2.24) is 9.55 Å². The molecule has 8 heteroatoms. The van der Waals surface area contributed by atoms with Crippen LogP contribution in [0.4, 0.5) is 5.82 Å². The van der Waals surface area contributed by atoms with Crippen LogP contribution in [0.5, 0.6) is 5.75 Å². The molecular formula is C31H33N3O5. The number of benzene rings is 3. The van der Waals surface area contributed by atoms with Crippen LogP contribution in [0.25, 0.3) is 0 Å². The Morgan fingerprint density at radius 3 is 2.03 bits per heavy atom. The van der Waals surface area contributed by atoms with E-state index < -0.39 is 29.7 Å². The van der Waals surface area contributed by atoms with E-state index in [-0.39, 0.29) is 12.5 Å². The maximum Gasteiger partial charge on any atom is 0.351 e. The lowest BCUT2D eigenvalue weighted by atomic mass is 9.77. The van der Waals surface area contributed by atoms with Crippen LogP contribution in [0.1, 0.15) is 29.8 Å². The monoisotopic (exact) mass is 527 g/mol. The van der Waals surface area contributed by atoms with Gasteiger partial charge in [-0.3, -0.25) is 4.57 Å². The van der Waals surface area contributed by atoms with Gasteiger partial charge in [-0.1, -0.05) is 79.7 Å². The molecule has 0 spiro atoms. The first kappa shape index (κ1) is 26.6. The van der Waals surface area contributed by atoms with E-state index in [0.29, 0.717) is 5.82 Å². The van der Waals surface area contributed by atoms with Crippen molar-refractivity contribution in [1.29, 1.82) is 0 Å². The van der Waals surface area contributed by atoms with E-state index in [2.05, 4.69) is 34.6 Å². The normalized spacial score (nSPS) is 21.0. The van der Waals surface area contributed by atoms with Crippen LogP contribution in [0.15, 0.2) is 102 Å². The maximum absolute atomic E-state index is 13.4. The molecule has 202 valence electrons. The van der Waals surface area contributed by atoms with Gasteiger partial charge in [0.15, 0.2) is 6.23 Å². The summed E-state index contributed by atoms with van der Waals surface area (Å²) in [6.07, 6.45) is 0.150. The Morgan fingerprint density at radius 1 is 0.923 bits per heavy atom. The summed E-state index contributed by atoms with van der Waals surface area (Å²) >= 11 is 0. The molecule has 0 aliphatic carbocycles. The lowest BCUT2D eigenvalue weighted by molar-refractivity contribution is -0.0624. The second-order valence-corrected chi connectivity index (χ2v) is 9.65. The predicted molar refractivity (Wildman–Crippen MR) is 149 cm³/mol. The van der Waals surface area contributed by atoms with Crippen LogP contribution >= 0.6 is 0 Å². The Kier molecular flexibility index (Phi) is 7.79. The molecule has 0 bridgehead atoms. The highest BCUT2D eigenvalue weighted by Crippen LogP contribution is 2.40. The van der Waals surface area contributed by atoms with Gasteiger partial charge in [-0.05, 0) is 34.9 Å². The average molecular weight is 528 g/mol. The smallest absolute Gasteiger partial charge is 0.351 e. The minimum absolute atomic E-state index is 0.0893. The molecule has 4 aromatic rings. The number of aliphatic hydroxyl groups is 1. The highest BCUT2D eigenvalue weighted by molar-refractivity contribution is 5.58. The standard InChI is InChI=1S/C31H33N3O5/c1-21-26(20-35)39-29(28(21)38-3)34-19-18-27(32-30(34)36)33-31(22-10-6-4-7-11-22,23-12-8-5-9-13-23)24-14-16-25(37-2)17-15-24/h4-19,21,26,28-29,35H,20H2,1-3H3,(H,32,33,36)/t21?,26-,28?,29-/m1/s1. The fourth-order valence-corrected chi connectivity index (χ4v) is 5.42. The molecular weight excluding hydrogens is 494 g/mol. The first-order chi connectivity index (χ1) is 19.0. The topological polar surface area (TPSA) is 94.8 Å². The summed E-state index contributed by atoms with van der Waals surface area (Å²) in [5.41, 5.74) is 1.55. The van der Waals surface area contributed by atoms with E-state index in [1.54, 1.807) is 26.5 Å². The minimum atomic E-state index is -0.865. The third-order valence-corrected chi connectivity index (χ3v) is 7.51. The fraction of sp³-hybridized carbons (Fsp3) is 0.290. The second-order valence-electron chi connectivity index (χ2n) is 9.65. The summed E-state index contributed by atoms with van der Waals surface area (Å²) in [7, 11) is 3.22. The van der Waals surface area contributed by atoms with Crippen LogP contribution in [0.3, 0.4) is 0 Å². The van der Waals surface area contributed by atoms with E-state index in [9.17, 15) is 9.90 Å². The third-order valence-electron chi connectivity index (χ3n) is 7.51. The number of nitrogens with zero attached hydrogens (tertiary/aromatic N) is 2. The molecule has 0 amide bonds. The fourth-order valence-electron chi connectivity index (χ4n) is 5.42. The van der Waals surface area contributed by atoms with Gasteiger partial charge in [0.1, 0.15) is 23.2 Å². The molecule has 0 saturated carbocycles. The molecule has 1 fully saturated rings. The number of ether oxygens (including phenoxy) is 3. The van der Waals surface area contributed by atoms with Gasteiger partial charge in [-0.2, -0.15) is 4.98 Å². The Balaban J connectivity index is 1.62. The molecule has 1 aliphatic rings. The Morgan fingerprint density at radius 2 is 1.51 bits per heavy atom. The number of hydrogen-bond acceptors (Lipinski definition) is 7. The largest absolute Gasteiger partial charge is 0.497 e. The quantitative estimate of drug-likeness (QED) is 0.315. The molecule has 2 unspecified atom stereocenters. The first-order valence-electron chi connectivity index (χ1n) is 12.9. The summed E-state index contributed by atoms with van der Waals surface area (Å²) in [5, 5.41) is 13.3. The highest BCUT2D eigenvalue weighted by Gasteiger charge is 2.43. The van der Waals surface area contributed by atoms with Gasteiger partial charge in [0.25, 0.3) is 0 Å².